The highest BCUT2D eigenvalue weighted by molar-refractivity contribution is 14.1. The molecule has 0 N–H and O–H groups in total. The van der Waals surface area contributed by atoms with E-state index in [2.05, 4.69) is 71.7 Å². The fourth-order valence-corrected chi connectivity index (χ4v) is 3.92. The normalized spacial score (nSPS) is 20.7. The Morgan fingerprint density at radius 3 is 2.67 bits per heavy atom. The van der Waals surface area contributed by atoms with E-state index >= 15 is 0 Å². The lowest BCUT2D eigenvalue weighted by atomic mass is 10.1. The zero-order valence-corrected chi connectivity index (χ0v) is 17.3. The molecule has 1 fully saturated rings. The van der Waals surface area contributed by atoms with E-state index in [-0.39, 0.29) is 3.91 Å². The van der Waals surface area contributed by atoms with Gasteiger partial charge in [-0.15, -0.1) is 0 Å². The minimum atomic E-state index is 0.123. The van der Waals surface area contributed by atoms with E-state index in [4.69, 9.17) is 0 Å². The van der Waals surface area contributed by atoms with Crippen molar-refractivity contribution in [1.82, 2.24) is 14.5 Å². The molecule has 2 aliphatic rings. The summed E-state index contributed by atoms with van der Waals surface area (Å²) in [5.41, 5.74) is 5.79. The molecule has 4 rings (SSSR count). The smallest absolute Gasteiger partial charge is 0.283 e. The third-order valence-corrected chi connectivity index (χ3v) is 5.64. The first kappa shape index (κ1) is 18.0. The van der Waals surface area contributed by atoms with Crippen LogP contribution < -0.4 is 4.90 Å². The Hall–Kier alpha value is -2.35. The van der Waals surface area contributed by atoms with E-state index in [0.717, 1.165) is 42.8 Å². The second kappa shape index (κ2) is 7.72. The summed E-state index contributed by atoms with van der Waals surface area (Å²) in [5, 5.41) is 4.50. The topological polar surface area (TPSA) is 40.8 Å². The van der Waals surface area contributed by atoms with Crippen molar-refractivity contribution in [1.29, 1.82) is 0 Å². The lowest BCUT2D eigenvalue weighted by Gasteiger charge is -2.35. The third-order valence-electron chi connectivity index (χ3n) is 4.96. The molecule has 138 valence electrons. The SMILES string of the molecule is CC1=C/C=C(c2cc3c(N4CCN(C(=O)I)CC4)ccnn3c2)\C=C/C=C1. The fourth-order valence-electron chi connectivity index (χ4n) is 3.44. The molecule has 0 spiro atoms. The first-order chi connectivity index (χ1) is 13.1. The number of aromatic nitrogens is 2. The van der Waals surface area contributed by atoms with Gasteiger partial charge in [0.25, 0.3) is 3.91 Å². The van der Waals surface area contributed by atoms with Crippen LogP contribution in [0.3, 0.4) is 0 Å². The van der Waals surface area contributed by atoms with Crippen LogP contribution in [-0.4, -0.2) is 44.6 Å². The van der Waals surface area contributed by atoms with Crippen LogP contribution in [0.2, 0.25) is 0 Å². The predicted octanol–water partition coefficient (Wildman–Crippen LogP) is 4.47. The molecule has 0 saturated carbocycles. The molecule has 0 atom stereocenters. The maximum atomic E-state index is 11.6. The Kier molecular flexibility index (Phi) is 5.15. The number of nitrogens with zero attached hydrogens (tertiary/aromatic N) is 4. The van der Waals surface area contributed by atoms with Crippen molar-refractivity contribution < 1.29 is 4.79 Å². The molecule has 1 aliphatic carbocycles. The predicted molar refractivity (Wildman–Crippen MR) is 118 cm³/mol. The highest BCUT2D eigenvalue weighted by Crippen LogP contribution is 2.28. The van der Waals surface area contributed by atoms with Crippen molar-refractivity contribution in [2.24, 2.45) is 0 Å². The number of hydrogen-bond acceptors (Lipinski definition) is 3. The van der Waals surface area contributed by atoms with Crippen LogP contribution in [0.15, 0.2) is 66.6 Å². The molecule has 0 bridgehead atoms. The zero-order chi connectivity index (χ0) is 18.8. The van der Waals surface area contributed by atoms with Crippen LogP contribution in [0.4, 0.5) is 10.5 Å². The summed E-state index contributed by atoms with van der Waals surface area (Å²) < 4.78 is 2.07. The summed E-state index contributed by atoms with van der Waals surface area (Å²) in [7, 11) is 0. The molecule has 6 heteroatoms. The number of carbonyl (C=O) groups excluding carboxylic acids is 1. The Morgan fingerprint density at radius 1 is 1.11 bits per heavy atom. The number of fused-ring (bicyclic) bond motifs is 1. The molecule has 3 heterocycles. The first-order valence-corrected chi connectivity index (χ1v) is 10.1. The number of allylic oxidation sites excluding steroid dienone is 8. The molecular weight excluding hydrogens is 451 g/mol. The van der Waals surface area contributed by atoms with E-state index in [1.165, 1.54) is 11.3 Å². The van der Waals surface area contributed by atoms with Gasteiger partial charge in [0.15, 0.2) is 0 Å². The van der Waals surface area contributed by atoms with Gasteiger partial charge in [-0.25, -0.2) is 4.52 Å². The van der Waals surface area contributed by atoms with Crippen molar-refractivity contribution in [3.8, 4) is 0 Å². The van der Waals surface area contributed by atoms with Crippen LogP contribution in [-0.2, 0) is 0 Å². The maximum absolute atomic E-state index is 11.6. The average molecular weight is 472 g/mol. The molecule has 0 aromatic carbocycles. The van der Waals surface area contributed by atoms with Gasteiger partial charge in [0.05, 0.1) is 11.2 Å². The van der Waals surface area contributed by atoms with Gasteiger partial charge in [0, 0.05) is 66.7 Å². The van der Waals surface area contributed by atoms with Gasteiger partial charge >= 0.3 is 0 Å². The molecule has 27 heavy (non-hydrogen) atoms. The Morgan fingerprint density at radius 2 is 1.89 bits per heavy atom. The van der Waals surface area contributed by atoms with Crippen LogP contribution in [0.5, 0.6) is 0 Å². The monoisotopic (exact) mass is 472 g/mol. The lowest BCUT2D eigenvalue weighted by Crippen LogP contribution is -2.47. The Labute approximate surface area is 172 Å². The molecule has 2 aromatic heterocycles. The second-order valence-electron chi connectivity index (χ2n) is 6.75. The van der Waals surface area contributed by atoms with Gasteiger partial charge in [-0.2, -0.15) is 5.10 Å². The number of rotatable bonds is 2. The highest BCUT2D eigenvalue weighted by atomic mass is 127. The van der Waals surface area contributed by atoms with Gasteiger partial charge in [-0.3, -0.25) is 4.79 Å². The molecule has 1 saturated heterocycles. The molecular formula is C21H21IN4O. The average Bonchev–Trinajstić information content (AvgIpc) is 3.09. The van der Waals surface area contributed by atoms with Crippen molar-refractivity contribution in [3.05, 3.63) is 72.1 Å². The standard InChI is InChI=1S/C21H21IN4O/c1-16-4-2-3-5-17(7-6-16)18-14-20-19(8-9-23-26(20)15-18)24-10-12-25(13-11-24)21(22)27/h2-9,14-15H,10-13H2,1H3/b3-2?,4-2?,5-3-,7-6?,16-4?,16-6?,17-5?,17-7+. The van der Waals surface area contributed by atoms with E-state index in [9.17, 15) is 4.79 Å². The van der Waals surface area contributed by atoms with E-state index < -0.39 is 0 Å². The fraction of sp³-hybridized carbons (Fsp3) is 0.238. The van der Waals surface area contributed by atoms with Gasteiger partial charge < -0.3 is 9.80 Å². The van der Waals surface area contributed by atoms with Crippen LogP contribution in [0.1, 0.15) is 12.5 Å². The van der Waals surface area contributed by atoms with Gasteiger partial charge in [0.2, 0.25) is 0 Å². The largest absolute Gasteiger partial charge is 0.366 e. The summed E-state index contributed by atoms with van der Waals surface area (Å²) >= 11 is 1.87. The number of amides is 1. The molecule has 2 aromatic rings. The van der Waals surface area contributed by atoms with Gasteiger partial charge in [0.1, 0.15) is 0 Å². The van der Waals surface area contributed by atoms with Crippen molar-refractivity contribution in [3.63, 3.8) is 0 Å². The quantitative estimate of drug-likeness (QED) is 0.368. The second-order valence-corrected chi connectivity index (χ2v) is 7.68. The Balaban J connectivity index is 1.66. The minimum absolute atomic E-state index is 0.123. The summed E-state index contributed by atoms with van der Waals surface area (Å²) in [4.78, 5) is 15.8. The van der Waals surface area contributed by atoms with Crippen LogP contribution in [0.25, 0.3) is 11.1 Å². The van der Waals surface area contributed by atoms with Gasteiger partial charge in [-0.05, 0) is 24.6 Å². The van der Waals surface area contributed by atoms with Crippen molar-refractivity contribution >= 4 is 43.3 Å². The Bertz CT molecular complexity index is 991. The van der Waals surface area contributed by atoms with Crippen LogP contribution in [0, 0.1) is 0 Å². The maximum Gasteiger partial charge on any atom is 0.283 e. The molecule has 1 aliphatic heterocycles. The summed E-state index contributed by atoms with van der Waals surface area (Å²) in [6.45, 7) is 5.29. The lowest BCUT2D eigenvalue weighted by molar-refractivity contribution is 0.222. The van der Waals surface area contributed by atoms with E-state index in [0.29, 0.717) is 0 Å². The first-order valence-electron chi connectivity index (χ1n) is 9.02. The van der Waals surface area contributed by atoms with Crippen LogP contribution >= 0.6 is 22.6 Å². The van der Waals surface area contributed by atoms with E-state index in [1.54, 1.807) is 0 Å². The summed E-state index contributed by atoms with van der Waals surface area (Å²) in [6, 6.07) is 4.26. The van der Waals surface area contributed by atoms with E-state index in [1.807, 2.05) is 38.2 Å². The molecule has 5 nitrogen and oxygen atoms in total. The number of carbonyl (C=O) groups is 1. The molecule has 0 radical (unpaired) electrons. The summed E-state index contributed by atoms with van der Waals surface area (Å²) in [6.07, 6.45) is 16.6. The number of piperazine rings is 1. The third kappa shape index (κ3) is 3.85. The molecule has 0 unspecified atom stereocenters. The highest BCUT2D eigenvalue weighted by Gasteiger charge is 2.21. The number of hydrogen-bond donors (Lipinski definition) is 0. The van der Waals surface area contributed by atoms with Gasteiger partial charge in [-0.1, -0.05) is 42.0 Å². The zero-order valence-electron chi connectivity index (χ0n) is 15.2. The molecule has 1 amide bonds. The van der Waals surface area contributed by atoms with Crippen molar-refractivity contribution in [2.45, 2.75) is 6.92 Å². The number of halogens is 1. The van der Waals surface area contributed by atoms with Crippen molar-refractivity contribution in [2.75, 3.05) is 31.1 Å². The summed E-state index contributed by atoms with van der Waals surface area (Å²) in [5.74, 6) is 0. The number of anilines is 1. The minimum Gasteiger partial charge on any atom is -0.366 e.